The molecule has 0 unspecified atom stereocenters. The topological polar surface area (TPSA) is 94.1 Å². The van der Waals surface area contributed by atoms with Crippen LogP contribution in [0.1, 0.15) is 30.8 Å². The van der Waals surface area contributed by atoms with E-state index in [-0.39, 0.29) is 23.2 Å². The van der Waals surface area contributed by atoms with E-state index in [0.29, 0.717) is 17.6 Å². The number of nitrogens with one attached hydrogen (secondary N) is 1. The van der Waals surface area contributed by atoms with Gasteiger partial charge in [-0.15, -0.1) is 0 Å². The van der Waals surface area contributed by atoms with Gasteiger partial charge in [0.1, 0.15) is 5.69 Å². The Labute approximate surface area is 116 Å². The average molecular weight is 299 g/mol. The van der Waals surface area contributed by atoms with Crippen LogP contribution in [0.3, 0.4) is 0 Å². The molecule has 0 fully saturated rings. The van der Waals surface area contributed by atoms with Crippen LogP contribution in [0.25, 0.3) is 11.2 Å². The fourth-order valence-electron chi connectivity index (χ4n) is 2.00. The Kier molecular flexibility index (Phi) is 3.85. The lowest BCUT2D eigenvalue weighted by Crippen LogP contribution is -2.12. The number of ether oxygens (including phenoxy) is 1. The van der Waals surface area contributed by atoms with Crippen LogP contribution in [0.15, 0.2) is 11.2 Å². The van der Waals surface area contributed by atoms with E-state index in [0.717, 1.165) is 0 Å². The predicted molar refractivity (Wildman–Crippen MR) is 73.4 cm³/mol. The predicted octanol–water partition coefficient (Wildman–Crippen LogP) is 1.26. The molecule has 2 heterocycles. The molecule has 0 spiro atoms. The lowest BCUT2D eigenvalue weighted by atomic mass is 10.4. The Morgan fingerprint density at radius 1 is 1.45 bits per heavy atom. The summed E-state index contributed by atoms with van der Waals surface area (Å²) in [5.74, 6) is -0.436. The minimum absolute atomic E-state index is 0.0102. The van der Waals surface area contributed by atoms with Gasteiger partial charge in [-0.3, -0.25) is 0 Å². The van der Waals surface area contributed by atoms with Crippen LogP contribution in [0.2, 0.25) is 0 Å². The number of H-pyrrole nitrogens is 1. The average Bonchev–Trinajstić information content (AvgIpc) is 2.90. The fraction of sp³-hybridized carbons (Fsp3) is 0.500. The van der Waals surface area contributed by atoms with Crippen molar-refractivity contribution in [2.75, 3.05) is 12.4 Å². The molecule has 2 aromatic heterocycles. The Balaban J connectivity index is 2.47. The van der Waals surface area contributed by atoms with E-state index in [9.17, 15) is 13.2 Å². The van der Waals surface area contributed by atoms with Crippen molar-refractivity contribution in [3.63, 3.8) is 0 Å². The largest absolute Gasteiger partial charge is 0.461 e. The van der Waals surface area contributed by atoms with Gasteiger partial charge < -0.3 is 14.3 Å². The van der Waals surface area contributed by atoms with Crippen molar-refractivity contribution in [2.24, 2.45) is 7.05 Å². The van der Waals surface area contributed by atoms with Crippen molar-refractivity contribution in [1.82, 2.24) is 14.5 Å². The Morgan fingerprint density at radius 3 is 2.70 bits per heavy atom. The molecule has 0 aliphatic carbocycles. The number of fused-ring (bicyclic) bond motifs is 1. The molecule has 0 saturated carbocycles. The van der Waals surface area contributed by atoms with Crippen LogP contribution in [0, 0.1) is 0 Å². The Morgan fingerprint density at radius 2 is 2.15 bits per heavy atom. The highest BCUT2D eigenvalue weighted by Gasteiger charge is 2.23. The number of carbonyl (C=O) groups excluding carboxylic acids is 1. The number of nitrogens with zero attached hydrogens (tertiary/aromatic N) is 2. The van der Waals surface area contributed by atoms with Gasteiger partial charge >= 0.3 is 5.97 Å². The third-order valence-electron chi connectivity index (χ3n) is 2.88. The zero-order valence-electron chi connectivity index (χ0n) is 11.6. The van der Waals surface area contributed by atoms with Gasteiger partial charge in [-0.25, -0.2) is 18.2 Å². The lowest BCUT2D eigenvalue weighted by molar-refractivity contribution is 0.0520. The number of aromatic nitrogens is 3. The number of esters is 1. The molecule has 2 aromatic rings. The van der Waals surface area contributed by atoms with Gasteiger partial charge in [0.15, 0.2) is 5.65 Å². The van der Waals surface area contributed by atoms with E-state index in [4.69, 9.17) is 4.74 Å². The summed E-state index contributed by atoms with van der Waals surface area (Å²) in [5, 5.41) is 0.0102. The molecule has 0 radical (unpaired) electrons. The van der Waals surface area contributed by atoms with Gasteiger partial charge in [0, 0.05) is 7.05 Å². The first-order chi connectivity index (χ1) is 9.40. The second-order valence-electron chi connectivity index (χ2n) is 4.41. The highest BCUT2D eigenvalue weighted by molar-refractivity contribution is 7.91. The van der Waals surface area contributed by atoms with Crippen molar-refractivity contribution in [1.29, 1.82) is 0 Å². The van der Waals surface area contributed by atoms with Gasteiger partial charge in [0.25, 0.3) is 0 Å². The Hall–Kier alpha value is -1.83. The maximum absolute atomic E-state index is 12.1. The number of carbonyl (C=O) groups is 1. The van der Waals surface area contributed by atoms with Gasteiger partial charge in [-0.2, -0.15) is 0 Å². The molecule has 0 atom stereocenters. The monoisotopic (exact) mass is 299 g/mol. The van der Waals surface area contributed by atoms with Gasteiger partial charge in [0.05, 0.1) is 17.9 Å². The van der Waals surface area contributed by atoms with E-state index in [2.05, 4.69) is 9.97 Å². The molecule has 0 amide bonds. The standard InChI is InChI=1S/C12H17N3O4S/c1-4-6-20(17,18)12-14-10-9(15(12)3)7-8(13-10)11(16)19-5-2/h7,13H,4-6H2,1-3H3. The van der Waals surface area contributed by atoms with E-state index < -0.39 is 15.8 Å². The molecule has 2 rings (SSSR count). The number of aromatic amines is 1. The minimum Gasteiger partial charge on any atom is -0.461 e. The summed E-state index contributed by atoms with van der Waals surface area (Å²) in [7, 11) is -1.79. The van der Waals surface area contributed by atoms with Crippen molar-refractivity contribution in [3.05, 3.63) is 11.8 Å². The summed E-state index contributed by atoms with van der Waals surface area (Å²) >= 11 is 0. The fourth-order valence-corrected chi connectivity index (χ4v) is 3.47. The van der Waals surface area contributed by atoms with Crippen LogP contribution >= 0.6 is 0 Å². The van der Waals surface area contributed by atoms with Gasteiger partial charge in [0.2, 0.25) is 15.0 Å². The first-order valence-corrected chi connectivity index (χ1v) is 8.01. The third kappa shape index (κ3) is 2.43. The van der Waals surface area contributed by atoms with Crippen molar-refractivity contribution < 1.29 is 17.9 Å². The number of hydrogen-bond acceptors (Lipinski definition) is 5. The zero-order chi connectivity index (χ0) is 14.9. The number of sulfone groups is 1. The summed E-state index contributed by atoms with van der Waals surface area (Å²) in [6.07, 6.45) is 0.525. The molecule has 1 N–H and O–H groups in total. The van der Waals surface area contributed by atoms with Gasteiger partial charge in [-0.1, -0.05) is 6.92 Å². The van der Waals surface area contributed by atoms with Crippen LogP contribution < -0.4 is 0 Å². The second-order valence-corrected chi connectivity index (χ2v) is 6.41. The van der Waals surface area contributed by atoms with Crippen LogP contribution in [0.4, 0.5) is 0 Å². The molecule has 20 heavy (non-hydrogen) atoms. The maximum Gasteiger partial charge on any atom is 0.354 e. The summed E-state index contributed by atoms with van der Waals surface area (Å²) in [5.41, 5.74) is 1.19. The molecule has 0 aliphatic rings. The SMILES string of the molecule is CCCS(=O)(=O)c1nc2[nH]c(C(=O)OCC)cc2n1C. The number of aryl methyl sites for hydroxylation is 1. The molecule has 0 saturated heterocycles. The number of hydrogen-bond donors (Lipinski definition) is 1. The number of imidazole rings is 1. The molecular formula is C12H17N3O4S. The quantitative estimate of drug-likeness (QED) is 0.839. The van der Waals surface area contributed by atoms with Crippen molar-refractivity contribution in [3.8, 4) is 0 Å². The molecule has 8 heteroatoms. The Bertz CT molecular complexity index is 742. The highest BCUT2D eigenvalue weighted by Crippen LogP contribution is 2.20. The molecule has 110 valence electrons. The molecule has 0 bridgehead atoms. The number of rotatable bonds is 5. The zero-order valence-corrected chi connectivity index (χ0v) is 12.5. The van der Waals surface area contributed by atoms with Crippen LogP contribution in [-0.2, 0) is 21.6 Å². The molecule has 7 nitrogen and oxygen atoms in total. The van der Waals surface area contributed by atoms with Gasteiger partial charge in [-0.05, 0) is 19.4 Å². The highest BCUT2D eigenvalue weighted by atomic mass is 32.2. The second kappa shape index (κ2) is 5.28. The van der Waals surface area contributed by atoms with E-state index in [1.165, 1.54) is 4.57 Å². The smallest absolute Gasteiger partial charge is 0.354 e. The first kappa shape index (κ1) is 14.6. The summed E-state index contributed by atoms with van der Waals surface area (Å²) in [6.45, 7) is 3.79. The lowest BCUT2D eigenvalue weighted by Gasteiger charge is -2.02. The normalized spacial score (nSPS) is 11.9. The van der Waals surface area contributed by atoms with E-state index in [1.54, 1.807) is 27.0 Å². The third-order valence-corrected chi connectivity index (χ3v) is 4.75. The van der Waals surface area contributed by atoms with E-state index >= 15 is 0 Å². The summed E-state index contributed by atoms with van der Waals surface area (Å²) in [6, 6.07) is 1.55. The summed E-state index contributed by atoms with van der Waals surface area (Å²) in [4.78, 5) is 18.5. The molecule has 0 aliphatic heterocycles. The van der Waals surface area contributed by atoms with Crippen molar-refractivity contribution in [2.45, 2.75) is 25.4 Å². The van der Waals surface area contributed by atoms with Crippen LogP contribution in [-0.4, -0.2) is 41.3 Å². The van der Waals surface area contributed by atoms with Crippen molar-refractivity contribution >= 4 is 27.0 Å². The first-order valence-electron chi connectivity index (χ1n) is 6.36. The maximum atomic E-state index is 12.1. The molecular weight excluding hydrogens is 282 g/mol. The minimum atomic E-state index is -3.40. The van der Waals surface area contributed by atoms with Crippen LogP contribution in [0.5, 0.6) is 0 Å². The molecule has 0 aromatic carbocycles. The summed E-state index contributed by atoms with van der Waals surface area (Å²) < 4.78 is 30.5. The van der Waals surface area contributed by atoms with E-state index in [1.807, 2.05) is 0 Å².